The van der Waals surface area contributed by atoms with Gasteiger partial charge in [0.05, 0.1) is 17.6 Å². The molecular formula is C11H14N2O4S2. The fourth-order valence-corrected chi connectivity index (χ4v) is 2.22. The van der Waals surface area contributed by atoms with Crippen molar-refractivity contribution in [2.24, 2.45) is 0 Å². The highest BCUT2D eigenvalue weighted by Gasteiger charge is 2.35. The molecule has 0 spiro atoms. The highest BCUT2D eigenvalue weighted by molar-refractivity contribution is 8.05. The summed E-state index contributed by atoms with van der Waals surface area (Å²) in [4.78, 5) is 11.7. The van der Waals surface area contributed by atoms with Crippen LogP contribution in [0.4, 0.5) is 11.4 Å². The predicted octanol–water partition coefficient (Wildman–Crippen LogP) is 1.41. The van der Waals surface area contributed by atoms with Crippen LogP contribution >= 0.6 is 12.8 Å². The Morgan fingerprint density at radius 3 is 2.58 bits per heavy atom. The molecule has 19 heavy (non-hydrogen) atoms. The summed E-state index contributed by atoms with van der Waals surface area (Å²) >= 11 is 3.93. The molecule has 6 nitrogen and oxygen atoms in total. The van der Waals surface area contributed by atoms with E-state index in [0.717, 1.165) is 9.97 Å². The van der Waals surface area contributed by atoms with E-state index in [1.807, 2.05) is 0 Å². The fraction of sp³-hybridized carbons (Fsp3) is 0.364. The summed E-state index contributed by atoms with van der Waals surface area (Å²) < 4.78 is 29.3. The molecule has 0 aliphatic carbocycles. The summed E-state index contributed by atoms with van der Waals surface area (Å²) in [6.45, 7) is 3.26. The van der Waals surface area contributed by atoms with Crippen molar-refractivity contribution in [2.75, 3.05) is 15.3 Å². The van der Waals surface area contributed by atoms with Gasteiger partial charge in [0, 0.05) is 6.07 Å². The van der Waals surface area contributed by atoms with Crippen molar-refractivity contribution in [1.29, 1.82) is 0 Å². The number of thiol groups is 1. The van der Waals surface area contributed by atoms with Crippen molar-refractivity contribution in [3.63, 3.8) is 0 Å². The maximum absolute atomic E-state index is 11.7. The van der Waals surface area contributed by atoms with E-state index in [2.05, 4.69) is 18.1 Å². The Bertz CT molecular complexity index is 640. The first kappa shape index (κ1) is 14.0. The molecule has 1 N–H and O–H groups in total. The molecule has 1 aliphatic heterocycles. The zero-order chi connectivity index (χ0) is 14.4. The molecule has 0 unspecified atom stereocenters. The molecule has 1 aromatic rings. The van der Waals surface area contributed by atoms with Gasteiger partial charge in [-0.15, -0.1) is 0 Å². The van der Waals surface area contributed by atoms with Crippen LogP contribution in [0.1, 0.15) is 13.8 Å². The van der Waals surface area contributed by atoms with Crippen molar-refractivity contribution in [2.45, 2.75) is 19.4 Å². The molecule has 0 atom stereocenters. The van der Waals surface area contributed by atoms with Crippen molar-refractivity contribution < 1.29 is 17.9 Å². The van der Waals surface area contributed by atoms with Crippen LogP contribution in [0.2, 0.25) is 0 Å². The number of rotatable bonds is 2. The van der Waals surface area contributed by atoms with Crippen LogP contribution in [-0.4, -0.2) is 26.2 Å². The van der Waals surface area contributed by atoms with E-state index in [-0.39, 0.29) is 5.91 Å². The molecule has 0 bridgehead atoms. The molecule has 8 heteroatoms. The average molecular weight is 302 g/mol. The van der Waals surface area contributed by atoms with Crippen LogP contribution in [0.25, 0.3) is 0 Å². The lowest BCUT2D eigenvalue weighted by atomic mass is 10.1. The second kappa shape index (κ2) is 4.31. The summed E-state index contributed by atoms with van der Waals surface area (Å²) in [5.74, 6) is 0.156. The van der Waals surface area contributed by atoms with Crippen LogP contribution in [0.5, 0.6) is 5.75 Å². The van der Waals surface area contributed by atoms with Gasteiger partial charge in [0.2, 0.25) is 10.0 Å². The number of fused-ring (bicyclic) bond motifs is 1. The third kappa shape index (κ3) is 2.64. The summed E-state index contributed by atoms with van der Waals surface area (Å²) in [5, 5.41) is 2.70. The first-order chi connectivity index (χ1) is 8.61. The highest BCUT2D eigenvalue weighted by atomic mass is 32.3. The maximum atomic E-state index is 11.7. The molecule has 1 aliphatic rings. The van der Waals surface area contributed by atoms with Crippen molar-refractivity contribution in [3.05, 3.63) is 18.2 Å². The Balaban J connectivity index is 2.43. The van der Waals surface area contributed by atoms with Gasteiger partial charge in [0.1, 0.15) is 5.75 Å². The Morgan fingerprint density at radius 2 is 2.00 bits per heavy atom. The molecule has 0 radical (unpaired) electrons. The fourth-order valence-electron chi connectivity index (χ4n) is 1.60. The van der Waals surface area contributed by atoms with E-state index in [0.29, 0.717) is 17.1 Å². The number of nitrogens with one attached hydrogen (secondary N) is 1. The second-order valence-corrected chi connectivity index (χ2v) is 7.25. The van der Waals surface area contributed by atoms with Gasteiger partial charge in [-0.1, -0.05) is 12.8 Å². The second-order valence-electron chi connectivity index (χ2n) is 4.75. The minimum atomic E-state index is -3.47. The van der Waals surface area contributed by atoms with Gasteiger partial charge in [0.25, 0.3) is 5.91 Å². The van der Waals surface area contributed by atoms with Gasteiger partial charge in [-0.25, -0.2) is 12.1 Å². The summed E-state index contributed by atoms with van der Waals surface area (Å²) in [6.07, 6.45) is 1.05. The van der Waals surface area contributed by atoms with E-state index in [1.165, 1.54) is 12.1 Å². The van der Waals surface area contributed by atoms with Crippen LogP contribution < -0.4 is 13.8 Å². The minimum Gasteiger partial charge on any atom is -0.476 e. The van der Waals surface area contributed by atoms with E-state index in [9.17, 15) is 13.2 Å². The number of carbonyl (C=O) groups excluding carboxylic acids is 1. The molecule has 104 valence electrons. The molecule has 1 aromatic carbocycles. The Morgan fingerprint density at radius 1 is 1.37 bits per heavy atom. The van der Waals surface area contributed by atoms with Crippen molar-refractivity contribution >= 4 is 40.1 Å². The third-order valence-corrected chi connectivity index (χ3v) is 4.62. The highest BCUT2D eigenvalue weighted by Crippen LogP contribution is 2.37. The van der Waals surface area contributed by atoms with Gasteiger partial charge < -0.3 is 10.1 Å². The van der Waals surface area contributed by atoms with Gasteiger partial charge in [-0.3, -0.25) is 4.79 Å². The van der Waals surface area contributed by atoms with Gasteiger partial charge in [-0.2, -0.15) is 0 Å². The standard InChI is InChI=1S/C11H14N2O4S2/c1-11(2)10(14)12-8-5-4-7(6-9(8)17-11)13(18)19(3,15)16/h4-6,18H,1-3H3,(H,12,14). The largest absolute Gasteiger partial charge is 0.476 e. The van der Waals surface area contributed by atoms with Crippen LogP contribution in [-0.2, 0) is 14.8 Å². The number of hydrogen-bond acceptors (Lipinski definition) is 5. The van der Waals surface area contributed by atoms with E-state index < -0.39 is 15.6 Å². The Kier molecular flexibility index (Phi) is 3.18. The number of benzene rings is 1. The number of carbonyl (C=O) groups is 1. The number of anilines is 2. The Hall–Kier alpha value is -1.41. The molecule has 0 aromatic heterocycles. The number of sulfonamides is 1. The molecule has 0 saturated carbocycles. The topological polar surface area (TPSA) is 75.7 Å². The zero-order valence-corrected chi connectivity index (χ0v) is 12.4. The number of hydrogen-bond donors (Lipinski definition) is 2. The van der Waals surface area contributed by atoms with Gasteiger partial charge >= 0.3 is 0 Å². The minimum absolute atomic E-state index is 0.251. The molecule has 1 amide bonds. The molecule has 0 saturated heterocycles. The SMILES string of the molecule is CC1(C)Oc2cc(N(S)S(C)(=O)=O)ccc2NC1=O. The van der Waals surface area contributed by atoms with Crippen molar-refractivity contribution in [3.8, 4) is 5.75 Å². The van der Waals surface area contributed by atoms with Crippen LogP contribution in [0.15, 0.2) is 18.2 Å². The summed E-state index contributed by atoms with van der Waals surface area (Å²) in [6, 6.07) is 4.63. The lowest BCUT2D eigenvalue weighted by Crippen LogP contribution is -2.45. The molecule has 1 heterocycles. The summed E-state index contributed by atoms with van der Waals surface area (Å²) in [7, 11) is -3.47. The zero-order valence-electron chi connectivity index (χ0n) is 10.7. The van der Waals surface area contributed by atoms with Gasteiger partial charge in [-0.05, 0) is 26.0 Å². The molecular weight excluding hydrogens is 288 g/mol. The number of amides is 1. The van der Waals surface area contributed by atoms with Crippen LogP contribution in [0, 0.1) is 0 Å². The van der Waals surface area contributed by atoms with E-state index in [4.69, 9.17) is 4.74 Å². The maximum Gasteiger partial charge on any atom is 0.268 e. The number of nitrogens with zero attached hydrogens (tertiary/aromatic N) is 1. The van der Waals surface area contributed by atoms with Crippen LogP contribution in [0.3, 0.4) is 0 Å². The molecule has 2 rings (SSSR count). The summed E-state index contributed by atoms with van der Waals surface area (Å²) in [5.41, 5.74) is -0.155. The number of ether oxygens (including phenoxy) is 1. The average Bonchev–Trinajstić information content (AvgIpc) is 2.27. The monoisotopic (exact) mass is 302 g/mol. The van der Waals surface area contributed by atoms with E-state index >= 15 is 0 Å². The molecule has 0 fully saturated rings. The normalized spacial score (nSPS) is 17.2. The smallest absolute Gasteiger partial charge is 0.268 e. The van der Waals surface area contributed by atoms with Gasteiger partial charge in [0.15, 0.2) is 5.60 Å². The van der Waals surface area contributed by atoms with Crippen molar-refractivity contribution in [1.82, 2.24) is 0 Å². The first-order valence-electron chi connectivity index (χ1n) is 5.45. The quantitative estimate of drug-likeness (QED) is 0.810. The lowest BCUT2D eigenvalue weighted by molar-refractivity contribution is -0.129. The first-order valence-corrected chi connectivity index (χ1v) is 7.70. The Labute approximate surface area is 117 Å². The third-order valence-electron chi connectivity index (χ3n) is 2.66. The van der Waals surface area contributed by atoms with E-state index in [1.54, 1.807) is 19.9 Å². The predicted molar refractivity (Wildman–Crippen MR) is 76.1 cm³/mol. The lowest BCUT2D eigenvalue weighted by Gasteiger charge is -2.32.